The largest absolute Gasteiger partial charge is 0.328 e. The molecule has 1 aliphatic rings. The molecule has 1 aliphatic carbocycles. The van der Waals surface area contributed by atoms with E-state index in [1.54, 1.807) is 0 Å². The Hall–Kier alpha value is -0.150. The third-order valence-electron chi connectivity index (χ3n) is 1.57. The molecule has 4 N–H and O–H groups in total. The van der Waals surface area contributed by atoms with Crippen molar-refractivity contribution in [2.24, 2.45) is 11.5 Å². The molecule has 0 aromatic carbocycles. The van der Waals surface area contributed by atoms with Crippen molar-refractivity contribution in [2.75, 3.05) is 0 Å². The highest BCUT2D eigenvalue weighted by Crippen LogP contribution is 2.18. The zero-order valence-corrected chi connectivity index (χ0v) is 4.68. The van der Waals surface area contributed by atoms with Crippen molar-refractivity contribution in [2.45, 2.75) is 31.1 Å². The molecule has 0 saturated heterocycles. The van der Waals surface area contributed by atoms with Crippen LogP contribution in [0.4, 0.5) is 4.39 Å². The van der Waals surface area contributed by atoms with E-state index in [-0.39, 0.29) is 12.1 Å². The predicted molar refractivity (Wildman–Crippen MR) is 30.1 cm³/mol. The van der Waals surface area contributed by atoms with Crippen molar-refractivity contribution in [3.8, 4) is 0 Å². The fourth-order valence-corrected chi connectivity index (χ4v) is 1.06. The molecule has 0 spiro atoms. The van der Waals surface area contributed by atoms with Gasteiger partial charge in [-0.15, -0.1) is 0 Å². The maximum Gasteiger partial charge on any atom is 0.117 e. The van der Waals surface area contributed by atoms with Crippen LogP contribution in [-0.2, 0) is 0 Å². The van der Waals surface area contributed by atoms with Crippen molar-refractivity contribution in [1.82, 2.24) is 0 Å². The second-order valence-electron chi connectivity index (χ2n) is 2.41. The van der Waals surface area contributed by atoms with Gasteiger partial charge in [0.15, 0.2) is 0 Å². The molecule has 1 rings (SSSR count). The van der Waals surface area contributed by atoms with Crippen LogP contribution in [0.2, 0.25) is 0 Å². The lowest BCUT2D eigenvalue weighted by Gasteiger charge is -2.01. The molecule has 1 saturated carbocycles. The average Bonchev–Trinajstić information content (AvgIpc) is 1.85. The zero-order chi connectivity index (χ0) is 6.15. The van der Waals surface area contributed by atoms with Gasteiger partial charge in [-0.1, -0.05) is 0 Å². The topological polar surface area (TPSA) is 52.0 Å². The van der Waals surface area contributed by atoms with Crippen LogP contribution in [0.25, 0.3) is 0 Å². The zero-order valence-electron chi connectivity index (χ0n) is 4.68. The highest BCUT2D eigenvalue weighted by molar-refractivity contribution is 4.87. The van der Waals surface area contributed by atoms with Crippen molar-refractivity contribution in [3.05, 3.63) is 0 Å². The van der Waals surface area contributed by atoms with Crippen molar-refractivity contribution in [1.29, 1.82) is 0 Å². The summed E-state index contributed by atoms with van der Waals surface area (Å²) in [5.74, 6) is 0. The van der Waals surface area contributed by atoms with Crippen LogP contribution in [0.5, 0.6) is 0 Å². The first-order chi connectivity index (χ1) is 3.70. The molecule has 0 aliphatic heterocycles. The molecule has 2 nitrogen and oxygen atoms in total. The fourth-order valence-electron chi connectivity index (χ4n) is 1.06. The Balaban J connectivity index is 2.39. The predicted octanol–water partition coefficient (Wildman–Crippen LogP) is -0.227. The molecule has 0 aromatic rings. The van der Waals surface area contributed by atoms with Gasteiger partial charge in [0.05, 0.1) is 0 Å². The molecule has 0 aromatic heterocycles. The van der Waals surface area contributed by atoms with Gasteiger partial charge in [-0.25, -0.2) is 4.39 Å². The molecule has 0 unspecified atom stereocenters. The lowest BCUT2D eigenvalue weighted by Crippen LogP contribution is -2.25. The van der Waals surface area contributed by atoms with Crippen LogP contribution in [0.15, 0.2) is 0 Å². The smallest absolute Gasteiger partial charge is 0.117 e. The normalized spacial score (nSPS) is 47.6. The Morgan fingerprint density at radius 1 is 1.25 bits per heavy atom. The average molecular weight is 118 g/mol. The van der Waals surface area contributed by atoms with E-state index < -0.39 is 6.17 Å². The Bertz CT molecular complexity index is 76.5. The van der Waals surface area contributed by atoms with Crippen molar-refractivity contribution >= 4 is 0 Å². The third kappa shape index (κ3) is 0.980. The van der Waals surface area contributed by atoms with E-state index in [0.717, 1.165) is 0 Å². The standard InChI is InChI=1S/C5H11FN2/c6-4-1-3(7)2-5(4)8/h3-5H,1-2,7-8H2/t3-,4-,5-/m0/s1. The third-order valence-corrected chi connectivity index (χ3v) is 1.57. The Labute approximate surface area is 48.0 Å². The van der Waals surface area contributed by atoms with Gasteiger partial charge in [0.2, 0.25) is 0 Å². The highest BCUT2D eigenvalue weighted by Gasteiger charge is 2.28. The summed E-state index contributed by atoms with van der Waals surface area (Å²) in [6.45, 7) is 0. The minimum absolute atomic E-state index is 0.000000000000000444. The van der Waals surface area contributed by atoms with Crippen LogP contribution in [0, 0.1) is 0 Å². The van der Waals surface area contributed by atoms with Gasteiger partial charge in [-0.05, 0) is 12.8 Å². The molecule has 8 heavy (non-hydrogen) atoms. The van der Waals surface area contributed by atoms with Gasteiger partial charge in [-0.3, -0.25) is 0 Å². The summed E-state index contributed by atoms with van der Waals surface area (Å²) in [7, 11) is 0. The van der Waals surface area contributed by atoms with Gasteiger partial charge in [0.1, 0.15) is 6.17 Å². The number of alkyl halides is 1. The quantitative estimate of drug-likeness (QED) is 0.461. The number of halogens is 1. The molecule has 3 atom stereocenters. The second-order valence-corrected chi connectivity index (χ2v) is 2.41. The molecule has 0 heterocycles. The molecule has 0 radical (unpaired) electrons. The molecular formula is C5H11FN2. The van der Waals surface area contributed by atoms with Gasteiger partial charge in [-0.2, -0.15) is 0 Å². The van der Waals surface area contributed by atoms with E-state index >= 15 is 0 Å². The van der Waals surface area contributed by atoms with E-state index in [1.165, 1.54) is 0 Å². The van der Waals surface area contributed by atoms with Crippen LogP contribution < -0.4 is 11.5 Å². The summed E-state index contributed by atoms with van der Waals surface area (Å²) in [6, 6.07) is -0.301. The summed E-state index contributed by atoms with van der Waals surface area (Å²) in [5.41, 5.74) is 10.7. The molecule has 3 heteroatoms. The second kappa shape index (κ2) is 1.99. The van der Waals surface area contributed by atoms with Crippen molar-refractivity contribution in [3.63, 3.8) is 0 Å². The van der Waals surface area contributed by atoms with E-state index in [0.29, 0.717) is 12.8 Å². The molecule has 48 valence electrons. The molecule has 0 bridgehead atoms. The minimum atomic E-state index is -0.856. The number of nitrogens with two attached hydrogens (primary N) is 2. The summed E-state index contributed by atoms with van der Waals surface area (Å²) in [5, 5.41) is 0. The minimum Gasteiger partial charge on any atom is -0.328 e. The van der Waals surface area contributed by atoms with Gasteiger partial charge in [0.25, 0.3) is 0 Å². The maximum absolute atomic E-state index is 12.4. The number of hydrogen-bond acceptors (Lipinski definition) is 2. The Morgan fingerprint density at radius 2 is 1.88 bits per heavy atom. The summed E-state index contributed by atoms with van der Waals surface area (Å²) < 4.78 is 12.4. The van der Waals surface area contributed by atoms with Crippen molar-refractivity contribution < 1.29 is 4.39 Å². The van der Waals surface area contributed by atoms with Crippen LogP contribution in [-0.4, -0.2) is 18.3 Å². The Morgan fingerprint density at radius 3 is 2.00 bits per heavy atom. The first-order valence-electron chi connectivity index (χ1n) is 2.85. The van der Waals surface area contributed by atoms with Crippen LogP contribution >= 0.6 is 0 Å². The first-order valence-corrected chi connectivity index (χ1v) is 2.85. The van der Waals surface area contributed by atoms with E-state index in [1.807, 2.05) is 0 Å². The SMILES string of the molecule is N[C@@H]1C[C@H](N)[C@@H](F)C1. The summed E-state index contributed by atoms with van der Waals surface area (Å²) in [4.78, 5) is 0. The van der Waals surface area contributed by atoms with Crippen LogP contribution in [0.1, 0.15) is 12.8 Å². The maximum atomic E-state index is 12.4. The van der Waals surface area contributed by atoms with E-state index in [2.05, 4.69) is 0 Å². The van der Waals surface area contributed by atoms with Gasteiger partial charge >= 0.3 is 0 Å². The molecule has 0 amide bonds. The molecular weight excluding hydrogens is 107 g/mol. The van der Waals surface area contributed by atoms with Crippen LogP contribution in [0.3, 0.4) is 0 Å². The number of rotatable bonds is 0. The Kier molecular flexibility index (Phi) is 1.49. The lowest BCUT2D eigenvalue weighted by molar-refractivity contribution is 0.311. The molecule has 1 fully saturated rings. The first kappa shape index (κ1) is 5.98. The monoisotopic (exact) mass is 118 g/mol. The number of hydrogen-bond donors (Lipinski definition) is 2. The summed E-state index contributed by atoms with van der Waals surface area (Å²) in [6.07, 6.45) is 0.229. The van der Waals surface area contributed by atoms with Gasteiger partial charge in [0, 0.05) is 12.1 Å². The lowest BCUT2D eigenvalue weighted by atomic mass is 10.2. The summed E-state index contributed by atoms with van der Waals surface area (Å²) >= 11 is 0. The fraction of sp³-hybridized carbons (Fsp3) is 1.00. The highest BCUT2D eigenvalue weighted by atomic mass is 19.1. The van der Waals surface area contributed by atoms with E-state index in [9.17, 15) is 4.39 Å². The van der Waals surface area contributed by atoms with Gasteiger partial charge < -0.3 is 11.5 Å². The van der Waals surface area contributed by atoms with E-state index in [4.69, 9.17) is 11.5 Å².